The van der Waals surface area contributed by atoms with Crippen LogP contribution in [0.1, 0.15) is 5.56 Å². The number of hydrogen-bond donors (Lipinski definition) is 1. The summed E-state index contributed by atoms with van der Waals surface area (Å²) in [4.78, 5) is 0. The van der Waals surface area contributed by atoms with E-state index in [4.69, 9.17) is 0 Å². The Kier molecular flexibility index (Phi) is 4.42. The van der Waals surface area contributed by atoms with Crippen molar-refractivity contribution in [2.75, 3.05) is 13.1 Å². The van der Waals surface area contributed by atoms with Crippen LogP contribution in [0.5, 0.6) is 0 Å². The first-order valence-electron chi connectivity index (χ1n) is 4.50. The number of hydrogen-bond acceptors (Lipinski definition) is 1. The SMILES string of the molecule is C=C(Br)CNCC(F)(F)c1ccccc1. The van der Waals surface area contributed by atoms with Gasteiger partial charge in [-0.3, -0.25) is 0 Å². The first-order valence-corrected chi connectivity index (χ1v) is 5.29. The first-order chi connectivity index (χ1) is 7.02. The van der Waals surface area contributed by atoms with Gasteiger partial charge in [-0.25, -0.2) is 0 Å². The molecule has 0 atom stereocenters. The van der Waals surface area contributed by atoms with E-state index in [-0.39, 0.29) is 12.1 Å². The van der Waals surface area contributed by atoms with Crippen molar-refractivity contribution in [3.63, 3.8) is 0 Å². The molecular weight excluding hydrogens is 264 g/mol. The molecule has 0 saturated carbocycles. The Morgan fingerprint density at radius 3 is 2.47 bits per heavy atom. The fraction of sp³-hybridized carbons (Fsp3) is 0.273. The smallest absolute Gasteiger partial charge is 0.285 e. The lowest BCUT2D eigenvalue weighted by Gasteiger charge is -2.17. The number of alkyl halides is 2. The molecule has 82 valence electrons. The van der Waals surface area contributed by atoms with Crippen LogP contribution >= 0.6 is 15.9 Å². The molecule has 0 saturated heterocycles. The highest BCUT2D eigenvalue weighted by molar-refractivity contribution is 9.11. The number of benzene rings is 1. The quantitative estimate of drug-likeness (QED) is 0.870. The molecule has 1 rings (SSSR count). The van der Waals surface area contributed by atoms with Gasteiger partial charge in [-0.2, -0.15) is 8.78 Å². The van der Waals surface area contributed by atoms with Gasteiger partial charge in [0.15, 0.2) is 0 Å². The van der Waals surface area contributed by atoms with Crippen molar-refractivity contribution in [1.29, 1.82) is 0 Å². The van der Waals surface area contributed by atoms with E-state index in [2.05, 4.69) is 27.8 Å². The molecule has 1 nitrogen and oxygen atoms in total. The van der Waals surface area contributed by atoms with Gasteiger partial charge < -0.3 is 5.32 Å². The topological polar surface area (TPSA) is 12.0 Å². The number of nitrogens with one attached hydrogen (secondary N) is 1. The normalized spacial score (nSPS) is 11.4. The second kappa shape index (κ2) is 5.37. The van der Waals surface area contributed by atoms with Crippen LogP contribution in [0.2, 0.25) is 0 Å². The largest absolute Gasteiger partial charge is 0.306 e. The highest BCUT2D eigenvalue weighted by Crippen LogP contribution is 2.26. The lowest BCUT2D eigenvalue weighted by molar-refractivity contribution is -0.00223. The standard InChI is InChI=1S/C11H12BrF2N/c1-9(12)7-15-8-11(13,14)10-5-3-2-4-6-10/h2-6,15H,1,7-8H2. The second-order valence-electron chi connectivity index (χ2n) is 3.19. The van der Waals surface area contributed by atoms with Gasteiger partial charge in [0.1, 0.15) is 0 Å². The van der Waals surface area contributed by atoms with Crippen LogP contribution in [-0.4, -0.2) is 13.1 Å². The molecule has 0 spiro atoms. The lowest BCUT2D eigenvalue weighted by atomic mass is 10.1. The molecule has 0 unspecified atom stereocenters. The summed E-state index contributed by atoms with van der Waals surface area (Å²) < 4.78 is 27.7. The van der Waals surface area contributed by atoms with Crippen LogP contribution in [0.25, 0.3) is 0 Å². The van der Waals surface area contributed by atoms with Crippen LogP contribution < -0.4 is 5.32 Å². The van der Waals surface area contributed by atoms with E-state index in [9.17, 15) is 8.78 Å². The molecule has 0 aliphatic rings. The minimum Gasteiger partial charge on any atom is -0.306 e. The summed E-state index contributed by atoms with van der Waals surface area (Å²) in [5.41, 5.74) is 0.0256. The molecule has 1 N–H and O–H groups in total. The minimum atomic E-state index is -2.84. The highest BCUT2D eigenvalue weighted by Gasteiger charge is 2.30. The molecule has 0 aliphatic carbocycles. The Bertz CT molecular complexity index is 325. The summed E-state index contributed by atoms with van der Waals surface area (Å²) in [5.74, 6) is -2.84. The predicted molar refractivity (Wildman–Crippen MR) is 61.3 cm³/mol. The maximum absolute atomic E-state index is 13.5. The average Bonchev–Trinajstić information content (AvgIpc) is 2.18. The maximum atomic E-state index is 13.5. The molecule has 0 amide bonds. The van der Waals surface area contributed by atoms with Gasteiger partial charge in [-0.1, -0.05) is 52.8 Å². The van der Waals surface area contributed by atoms with E-state index in [0.717, 1.165) is 0 Å². The van der Waals surface area contributed by atoms with Gasteiger partial charge in [0.2, 0.25) is 0 Å². The van der Waals surface area contributed by atoms with Crippen molar-refractivity contribution in [3.05, 3.63) is 47.0 Å². The Morgan fingerprint density at radius 1 is 1.33 bits per heavy atom. The maximum Gasteiger partial charge on any atom is 0.285 e. The van der Waals surface area contributed by atoms with E-state index in [0.29, 0.717) is 11.0 Å². The molecule has 0 radical (unpaired) electrons. The zero-order valence-electron chi connectivity index (χ0n) is 8.14. The minimum absolute atomic E-state index is 0.0256. The van der Waals surface area contributed by atoms with Crippen molar-refractivity contribution >= 4 is 15.9 Å². The second-order valence-corrected chi connectivity index (χ2v) is 4.31. The Balaban J connectivity index is 2.56. The van der Waals surface area contributed by atoms with Crippen molar-refractivity contribution in [1.82, 2.24) is 5.32 Å². The summed E-state index contributed by atoms with van der Waals surface area (Å²) in [6.45, 7) is 3.51. The third-order valence-corrected chi connectivity index (χ3v) is 2.14. The summed E-state index contributed by atoms with van der Waals surface area (Å²) in [7, 11) is 0. The molecule has 15 heavy (non-hydrogen) atoms. The molecule has 0 aliphatic heterocycles. The van der Waals surface area contributed by atoms with Crippen molar-refractivity contribution in [3.8, 4) is 0 Å². The molecule has 0 aromatic heterocycles. The monoisotopic (exact) mass is 275 g/mol. The van der Waals surface area contributed by atoms with Gasteiger partial charge in [-0.05, 0) is 0 Å². The van der Waals surface area contributed by atoms with Crippen LogP contribution in [0.4, 0.5) is 8.78 Å². The van der Waals surface area contributed by atoms with Crippen LogP contribution in [0, 0.1) is 0 Å². The lowest BCUT2D eigenvalue weighted by Crippen LogP contribution is -2.31. The first kappa shape index (κ1) is 12.3. The fourth-order valence-corrected chi connectivity index (χ4v) is 1.34. The molecular formula is C11H12BrF2N. The number of rotatable bonds is 5. The highest BCUT2D eigenvalue weighted by atomic mass is 79.9. The van der Waals surface area contributed by atoms with E-state index in [1.165, 1.54) is 12.1 Å². The van der Waals surface area contributed by atoms with Gasteiger partial charge in [0.25, 0.3) is 5.92 Å². The number of halogens is 3. The molecule has 1 aromatic carbocycles. The Labute approximate surface area is 96.3 Å². The average molecular weight is 276 g/mol. The van der Waals surface area contributed by atoms with Gasteiger partial charge in [-0.15, -0.1) is 0 Å². The van der Waals surface area contributed by atoms with Crippen LogP contribution in [-0.2, 0) is 5.92 Å². The third-order valence-electron chi connectivity index (χ3n) is 1.86. The predicted octanol–water partition coefficient (Wildman–Crippen LogP) is 3.28. The van der Waals surface area contributed by atoms with Gasteiger partial charge >= 0.3 is 0 Å². The molecule has 4 heteroatoms. The van der Waals surface area contributed by atoms with Gasteiger partial charge in [0, 0.05) is 16.6 Å². The molecule has 0 bridgehead atoms. The van der Waals surface area contributed by atoms with Crippen molar-refractivity contribution in [2.45, 2.75) is 5.92 Å². The van der Waals surface area contributed by atoms with E-state index in [1.54, 1.807) is 18.2 Å². The fourth-order valence-electron chi connectivity index (χ4n) is 1.14. The molecule has 0 fully saturated rings. The van der Waals surface area contributed by atoms with E-state index >= 15 is 0 Å². The summed E-state index contributed by atoms with van der Waals surface area (Å²) in [5, 5.41) is 2.63. The summed E-state index contributed by atoms with van der Waals surface area (Å²) >= 11 is 3.10. The Morgan fingerprint density at radius 2 is 1.93 bits per heavy atom. The zero-order valence-corrected chi connectivity index (χ0v) is 9.73. The third kappa shape index (κ3) is 4.10. The van der Waals surface area contributed by atoms with E-state index < -0.39 is 5.92 Å². The molecule has 0 heterocycles. The summed E-state index contributed by atoms with van der Waals surface area (Å²) in [6, 6.07) is 7.77. The molecule has 1 aromatic rings. The summed E-state index contributed by atoms with van der Waals surface area (Å²) in [6.07, 6.45) is 0. The van der Waals surface area contributed by atoms with Crippen LogP contribution in [0.15, 0.2) is 41.4 Å². The van der Waals surface area contributed by atoms with Gasteiger partial charge in [0.05, 0.1) is 6.54 Å². The van der Waals surface area contributed by atoms with Crippen LogP contribution in [0.3, 0.4) is 0 Å². The zero-order chi connectivity index (χ0) is 11.3. The van der Waals surface area contributed by atoms with E-state index in [1.807, 2.05) is 0 Å². The van der Waals surface area contributed by atoms with Crippen molar-refractivity contribution < 1.29 is 8.78 Å². The van der Waals surface area contributed by atoms with Crippen molar-refractivity contribution in [2.24, 2.45) is 0 Å². The Hall–Kier alpha value is -0.740.